The maximum absolute atomic E-state index is 12.7. The van der Waals surface area contributed by atoms with Gasteiger partial charge in [-0.2, -0.15) is 0 Å². The van der Waals surface area contributed by atoms with Gasteiger partial charge in [0.05, 0.1) is 24.5 Å². The van der Waals surface area contributed by atoms with E-state index in [1.807, 2.05) is 0 Å². The highest BCUT2D eigenvalue weighted by Crippen LogP contribution is 2.69. The Morgan fingerprint density at radius 2 is 1.62 bits per heavy atom. The summed E-state index contributed by atoms with van der Waals surface area (Å²) in [6, 6.07) is 0. The van der Waals surface area contributed by atoms with Crippen molar-refractivity contribution >= 4 is 11.9 Å². The second kappa shape index (κ2) is 11.2. The molecule has 0 amide bonds. The first-order chi connectivity index (χ1) is 17.4. The monoisotopic (exact) mass is 520 g/mol. The number of aliphatic hydroxyl groups is 2. The second-order valence-electron chi connectivity index (χ2n) is 13.9. The highest BCUT2D eigenvalue weighted by molar-refractivity contribution is 5.76. The molecule has 37 heavy (non-hydrogen) atoms. The summed E-state index contributed by atoms with van der Waals surface area (Å²) in [5, 5.41) is 31.3. The fourth-order valence-electron chi connectivity index (χ4n) is 9.92. The summed E-state index contributed by atoms with van der Waals surface area (Å²) in [6.45, 7) is 9.10. The molecule has 212 valence electrons. The molecule has 0 aromatic rings. The third-order valence-corrected chi connectivity index (χ3v) is 11.7. The molecule has 4 aliphatic rings. The third kappa shape index (κ3) is 5.62. The highest BCUT2D eigenvalue weighted by Gasteiger charge is 2.64. The van der Waals surface area contributed by atoms with E-state index in [9.17, 15) is 19.8 Å². The van der Waals surface area contributed by atoms with E-state index >= 15 is 0 Å². The van der Waals surface area contributed by atoms with Gasteiger partial charge < -0.3 is 20.1 Å². The van der Waals surface area contributed by atoms with Gasteiger partial charge in [-0.3, -0.25) is 9.59 Å². The van der Waals surface area contributed by atoms with Crippen LogP contribution < -0.4 is 0 Å². The molecule has 6 nitrogen and oxygen atoms in total. The maximum atomic E-state index is 12.7. The van der Waals surface area contributed by atoms with Crippen LogP contribution in [0, 0.1) is 40.4 Å². The standard InChI is InChI=1S/C31H52O6/c1-5-6-7-8-15-31(4,36)26-10-9-22-21-19-25(37-28(35)12-11-27(33)34)24-18-20(32)13-16-29(24,2)23(21)14-17-30(22,26)3/h20-26,32,36H,5-19H2,1-4H3,(H,33,34)/t20?,21?,22?,23-,24?,25-,26?,29?,30?,31-/m0/s1. The lowest BCUT2D eigenvalue weighted by Crippen LogP contribution is -2.59. The topological polar surface area (TPSA) is 104 Å². The predicted molar refractivity (Wildman–Crippen MR) is 143 cm³/mol. The largest absolute Gasteiger partial charge is 0.481 e. The van der Waals surface area contributed by atoms with Gasteiger partial charge in [-0.05, 0) is 99.2 Å². The average Bonchev–Trinajstić information content (AvgIpc) is 3.20. The van der Waals surface area contributed by atoms with Crippen molar-refractivity contribution in [3.63, 3.8) is 0 Å². The number of carboxylic acids is 1. The Labute approximate surface area is 223 Å². The summed E-state index contributed by atoms with van der Waals surface area (Å²) >= 11 is 0. The Morgan fingerprint density at radius 1 is 0.919 bits per heavy atom. The molecule has 0 aromatic heterocycles. The van der Waals surface area contributed by atoms with Crippen molar-refractivity contribution in [2.75, 3.05) is 0 Å². The zero-order valence-corrected chi connectivity index (χ0v) is 23.7. The van der Waals surface area contributed by atoms with Gasteiger partial charge in [0, 0.05) is 5.92 Å². The molecular weight excluding hydrogens is 468 g/mol. The summed E-state index contributed by atoms with van der Waals surface area (Å²) in [5.74, 6) is 0.491. The number of hydrogen-bond acceptors (Lipinski definition) is 5. The molecule has 3 N–H and O–H groups in total. The van der Waals surface area contributed by atoms with Crippen molar-refractivity contribution in [2.24, 2.45) is 40.4 Å². The van der Waals surface area contributed by atoms with E-state index in [1.165, 1.54) is 19.3 Å². The Kier molecular flexibility index (Phi) is 8.70. The van der Waals surface area contributed by atoms with Crippen LogP contribution in [0.15, 0.2) is 0 Å². The number of carbonyl (C=O) groups is 2. The summed E-state index contributed by atoms with van der Waals surface area (Å²) < 4.78 is 6.06. The van der Waals surface area contributed by atoms with Gasteiger partial charge in [-0.1, -0.05) is 46.5 Å². The number of carbonyl (C=O) groups excluding carboxylic acids is 1. The van der Waals surface area contributed by atoms with E-state index in [2.05, 4.69) is 27.7 Å². The van der Waals surface area contributed by atoms with Crippen molar-refractivity contribution < 1.29 is 29.6 Å². The summed E-state index contributed by atoms with van der Waals surface area (Å²) in [5.41, 5.74) is -0.546. The Balaban J connectivity index is 1.55. The molecule has 4 rings (SSSR count). The third-order valence-electron chi connectivity index (χ3n) is 11.7. The molecule has 0 radical (unpaired) electrons. The molecule has 4 fully saturated rings. The van der Waals surface area contributed by atoms with Gasteiger partial charge >= 0.3 is 11.9 Å². The first-order valence-electron chi connectivity index (χ1n) is 15.2. The predicted octanol–water partition coefficient (Wildman–Crippen LogP) is 6.11. The normalized spacial score (nSPS) is 42.7. The Bertz CT molecular complexity index is 825. The van der Waals surface area contributed by atoms with Crippen LogP contribution in [0.3, 0.4) is 0 Å². The Hall–Kier alpha value is -1.14. The summed E-state index contributed by atoms with van der Waals surface area (Å²) in [6.07, 6.45) is 12.3. The van der Waals surface area contributed by atoms with Crippen LogP contribution in [-0.2, 0) is 14.3 Å². The fraction of sp³-hybridized carbons (Fsp3) is 0.935. The molecule has 0 aromatic carbocycles. The maximum Gasteiger partial charge on any atom is 0.306 e. The number of hydrogen-bond donors (Lipinski definition) is 3. The molecule has 0 aliphatic heterocycles. The molecule has 0 saturated heterocycles. The van der Waals surface area contributed by atoms with Crippen molar-refractivity contribution in [3.05, 3.63) is 0 Å². The smallest absolute Gasteiger partial charge is 0.306 e. The van der Waals surface area contributed by atoms with E-state index in [0.29, 0.717) is 30.1 Å². The van der Waals surface area contributed by atoms with Crippen LogP contribution in [0.1, 0.15) is 124 Å². The van der Waals surface area contributed by atoms with Crippen molar-refractivity contribution in [1.29, 1.82) is 0 Å². The second-order valence-corrected chi connectivity index (χ2v) is 13.9. The van der Waals surface area contributed by atoms with E-state index in [0.717, 1.165) is 57.8 Å². The number of rotatable bonds is 10. The molecule has 6 heteroatoms. The molecule has 0 bridgehead atoms. The minimum Gasteiger partial charge on any atom is -0.481 e. The van der Waals surface area contributed by atoms with E-state index in [-0.39, 0.29) is 41.8 Å². The SMILES string of the molecule is CCCCCC[C@](C)(O)C1CCC2C3C[C@H](OC(=O)CCC(=O)O)C4CC(O)CCC4(C)[C@H]3CCC21C. The van der Waals surface area contributed by atoms with Crippen LogP contribution in [0.2, 0.25) is 0 Å². The van der Waals surface area contributed by atoms with Crippen molar-refractivity contribution in [2.45, 2.75) is 142 Å². The molecule has 10 atom stereocenters. The minimum absolute atomic E-state index is 0.0159. The number of unbranched alkanes of at least 4 members (excludes halogenated alkanes) is 3. The fourth-order valence-corrected chi connectivity index (χ4v) is 9.92. The van der Waals surface area contributed by atoms with E-state index in [1.54, 1.807) is 0 Å². The molecule has 7 unspecified atom stereocenters. The van der Waals surface area contributed by atoms with Crippen LogP contribution >= 0.6 is 0 Å². The number of esters is 1. The van der Waals surface area contributed by atoms with Crippen LogP contribution in [-0.4, -0.2) is 45.1 Å². The van der Waals surface area contributed by atoms with E-state index in [4.69, 9.17) is 9.84 Å². The van der Waals surface area contributed by atoms with E-state index < -0.39 is 17.5 Å². The molecule has 4 aliphatic carbocycles. The zero-order chi connectivity index (χ0) is 27.0. The molecule has 0 spiro atoms. The average molecular weight is 521 g/mol. The lowest BCUT2D eigenvalue weighted by atomic mass is 9.43. The van der Waals surface area contributed by atoms with Gasteiger partial charge in [-0.15, -0.1) is 0 Å². The number of carboxylic acid groups (broad SMARTS) is 1. The lowest BCUT2D eigenvalue weighted by molar-refractivity contribution is -0.197. The van der Waals surface area contributed by atoms with Crippen LogP contribution in [0.5, 0.6) is 0 Å². The summed E-state index contributed by atoms with van der Waals surface area (Å²) in [4.78, 5) is 23.7. The summed E-state index contributed by atoms with van der Waals surface area (Å²) in [7, 11) is 0. The zero-order valence-electron chi connectivity index (χ0n) is 23.7. The van der Waals surface area contributed by atoms with Crippen LogP contribution in [0.25, 0.3) is 0 Å². The molecule has 0 heterocycles. The lowest BCUT2D eigenvalue weighted by Gasteiger charge is -2.63. The number of aliphatic hydroxyl groups excluding tert-OH is 1. The van der Waals surface area contributed by atoms with Crippen LogP contribution in [0.4, 0.5) is 0 Å². The minimum atomic E-state index is -0.986. The first kappa shape index (κ1) is 28.9. The molecule has 4 saturated carbocycles. The van der Waals surface area contributed by atoms with Crippen molar-refractivity contribution in [1.82, 2.24) is 0 Å². The Morgan fingerprint density at radius 3 is 2.32 bits per heavy atom. The molecular formula is C31H52O6. The quantitative estimate of drug-likeness (QED) is 0.237. The van der Waals surface area contributed by atoms with Crippen molar-refractivity contribution in [3.8, 4) is 0 Å². The number of aliphatic carboxylic acids is 1. The van der Waals surface area contributed by atoms with Gasteiger partial charge in [-0.25, -0.2) is 0 Å². The van der Waals surface area contributed by atoms with Gasteiger partial charge in [0.2, 0.25) is 0 Å². The van der Waals surface area contributed by atoms with Gasteiger partial charge in [0.1, 0.15) is 6.10 Å². The number of fused-ring (bicyclic) bond motifs is 5. The van der Waals surface area contributed by atoms with Gasteiger partial charge in [0.25, 0.3) is 0 Å². The first-order valence-corrected chi connectivity index (χ1v) is 15.2. The van der Waals surface area contributed by atoms with Gasteiger partial charge in [0.15, 0.2) is 0 Å². The highest BCUT2D eigenvalue weighted by atomic mass is 16.5. The number of ether oxygens (including phenoxy) is 1.